The third-order valence-electron chi connectivity index (χ3n) is 3.05. The van der Waals surface area contributed by atoms with Crippen molar-refractivity contribution in [2.45, 2.75) is 25.1 Å². The van der Waals surface area contributed by atoms with Crippen molar-refractivity contribution >= 4 is 35.0 Å². The van der Waals surface area contributed by atoms with Crippen molar-refractivity contribution in [1.82, 2.24) is 9.88 Å². The number of rotatable bonds is 2. The highest BCUT2D eigenvalue weighted by atomic mass is 32.2. The molecule has 98 valence electrons. The summed E-state index contributed by atoms with van der Waals surface area (Å²) < 4.78 is 0. The van der Waals surface area contributed by atoms with Gasteiger partial charge in [0.05, 0.1) is 0 Å². The summed E-state index contributed by atoms with van der Waals surface area (Å²) in [7, 11) is 0. The van der Waals surface area contributed by atoms with Gasteiger partial charge < -0.3 is 10.0 Å². The standard InChI is InChI=1S/C11H14N2O3S2/c1-6-7(2)17-4-3-13(6)10(14)9-12-8(5-18-9)11(15)16/h5-7H,3-4H2,1-2H3,(H,15,16). The molecular formula is C11H14N2O3S2. The molecule has 2 rings (SSSR count). The van der Waals surface area contributed by atoms with Crippen LogP contribution in [0.25, 0.3) is 0 Å². The van der Waals surface area contributed by atoms with Gasteiger partial charge in [-0.25, -0.2) is 9.78 Å². The van der Waals surface area contributed by atoms with Gasteiger partial charge in [0.15, 0.2) is 10.7 Å². The van der Waals surface area contributed by atoms with Crippen LogP contribution in [0.2, 0.25) is 0 Å². The number of aromatic carboxylic acids is 1. The Hall–Kier alpha value is -1.08. The number of thiazole rings is 1. The van der Waals surface area contributed by atoms with Gasteiger partial charge in [0, 0.05) is 29.0 Å². The number of carboxylic acid groups (broad SMARTS) is 1. The third kappa shape index (κ3) is 2.51. The predicted molar refractivity (Wildman–Crippen MR) is 71.5 cm³/mol. The predicted octanol–water partition coefficient (Wildman–Crippen LogP) is 1.81. The number of aromatic nitrogens is 1. The Morgan fingerprint density at radius 2 is 2.22 bits per heavy atom. The van der Waals surface area contributed by atoms with Crippen molar-refractivity contribution in [2.24, 2.45) is 0 Å². The lowest BCUT2D eigenvalue weighted by Crippen LogP contribution is -2.47. The molecule has 2 atom stereocenters. The molecule has 0 radical (unpaired) electrons. The Morgan fingerprint density at radius 1 is 1.50 bits per heavy atom. The van der Waals surface area contributed by atoms with Crippen molar-refractivity contribution in [3.63, 3.8) is 0 Å². The maximum atomic E-state index is 12.3. The SMILES string of the molecule is CC1SCCN(C(=O)c2nc(C(=O)O)cs2)C1C. The van der Waals surface area contributed by atoms with Crippen LogP contribution in [-0.2, 0) is 0 Å². The fraction of sp³-hybridized carbons (Fsp3) is 0.545. The van der Waals surface area contributed by atoms with Crippen LogP contribution in [-0.4, -0.2) is 50.5 Å². The first-order valence-corrected chi connectivity index (χ1v) is 7.55. The average Bonchev–Trinajstić information content (AvgIpc) is 2.81. The summed E-state index contributed by atoms with van der Waals surface area (Å²) in [5.74, 6) is -0.345. The number of nitrogens with zero attached hydrogens (tertiary/aromatic N) is 2. The first-order chi connectivity index (χ1) is 8.50. The van der Waals surface area contributed by atoms with Gasteiger partial charge in [-0.05, 0) is 6.92 Å². The Morgan fingerprint density at radius 3 is 2.83 bits per heavy atom. The van der Waals surface area contributed by atoms with Crippen molar-refractivity contribution in [3.8, 4) is 0 Å². The Bertz CT molecular complexity index is 475. The molecule has 0 aliphatic carbocycles. The molecule has 0 saturated carbocycles. The Balaban J connectivity index is 2.17. The molecule has 0 bridgehead atoms. The van der Waals surface area contributed by atoms with Gasteiger partial charge in [-0.1, -0.05) is 6.92 Å². The zero-order valence-corrected chi connectivity index (χ0v) is 11.8. The maximum absolute atomic E-state index is 12.3. The molecule has 1 saturated heterocycles. The number of amides is 1. The molecule has 2 heterocycles. The van der Waals surface area contributed by atoms with Gasteiger partial charge in [0.1, 0.15) is 0 Å². The van der Waals surface area contributed by atoms with E-state index in [1.807, 2.05) is 18.7 Å². The van der Waals surface area contributed by atoms with Crippen LogP contribution >= 0.6 is 23.1 Å². The van der Waals surface area contributed by atoms with Crippen LogP contribution in [0.5, 0.6) is 0 Å². The molecule has 1 fully saturated rings. The highest BCUT2D eigenvalue weighted by molar-refractivity contribution is 8.00. The largest absolute Gasteiger partial charge is 0.476 e. The quantitative estimate of drug-likeness (QED) is 0.897. The van der Waals surface area contributed by atoms with Gasteiger partial charge >= 0.3 is 5.97 Å². The van der Waals surface area contributed by atoms with Crippen molar-refractivity contribution in [3.05, 3.63) is 16.1 Å². The number of carboxylic acids is 1. The fourth-order valence-electron chi connectivity index (χ4n) is 1.81. The number of hydrogen-bond donors (Lipinski definition) is 1. The van der Waals surface area contributed by atoms with Crippen molar-refractivity contribution in [2.75, 3.05) is 12.3 Å². The van der Waals surface area contributed by atoms with Crippen LogP contribution in [0.4, 0.5) is 0 Å². The lowest BCUT2D eigenvalue weighted by atomic mass is 10.2. The number of carbonyl (C=O) groups excluding carboxylic acids is 1. The summed E-state index contributed by atoms with van der Waals surface area (Å²) in [5, 5.41) is 10.9. The minimum Gasteiger partial charge on any atom is -0.476 e. The Kier molecular flexibility index (Phi) is 3.91. The lowest BCUT2D eigenvalue weighted by Gasteiger charge is -2.36. The first-order valence-electron chi connectivity index (χ1n) is 5.62. The topological polar surface area (TPSA) is 70.5 Å². The molecule has 5 nitrogen and oxygen atoms in total. The molecule has 1 N–H and O–H groups in total. The summed E-state index contributed by atoms with van der Waals surface area (Å²) in [6.07, 6.45) is 0. The maximum Gasteiger partial charge on any atom is 0.355 e. The van der Waals surface area contributed by atoms with Gasteiger partial charge in [-0.3, -0.25) is 4.79 Å². The Labute approximate surface area is 113 Å². The molecular weight excluding hydrogens is 272 g/mol. The normalized spacial score (nSPS) is 24.0. The third-order valence-corrected chi connectivity index (χ3v) is 5.22. The van der Waals surface area contributed by atoms with E-state index in [1.54, 1.807) is 4.90 Å². The van der Waals surface area contributed by atoms with Crippen LogP contribution in [0.1, 0.15) is 34.1 Å². The molecule has 1 amide bonds. The van der Waals surface area contributed by atoms with E-state index in [0.717, 1.165) is 17.1 Å². The van der Waals surface area contributed by atoms with Crippen LogP contribution in [0.3, 0.4) is 0 Å². The zero-order chi connectivity index (χ0) is 13.3. The zero-order valence-electron chi connectivity index (χ0n) is 10.1. The minimum absolute atomic E-state index is 0.0598. The van der Waals surface area contributed by atoms with E-state index in [0.29, 0.717) is 11.8 Å². The summed E-state index contributed by atoms with van der Waals surface area (Å²) in [5.41, 5.74) is -0.0598. The highest BCUT2D eigenvalue weighted by Gasteiger charge is 2.31. The average molecular weight is 286 g/mol. The van der Waals surface area contributed by atoms with E-state index >= 15 is 0 Å². The minimum atomic E-state index is -1.10. The second-order valence-electron chi connectivity index (χ2n) is 4.16. The summed E-state index contributed by atoms with van der Waals surface area (Å²) in [6.45, 7) is 4.80. The van der Waals surface area contributed by atoms with Crippen LogP contribution in [0.15, 0.2) is 5.38 Å². The molecule has 0 spiro atoms. The summed E-state index contributed by atoms with van der Waals surface area (Å²) >= 11 is 2.94. The number of thioether (sulfide) groups is 1. The second-order valence-corrected chi connectivity index (χ2v) is 6.50. The monoisotopic (exact) mass is 286 g/mol. The van der Waals surface area contributed by atoms with Gasteiger partial charge in [0.25, 0.3) is 5.91 Å². The molecule has 1 aromatic rings. The first kappa shape index (κ1) is 13.4. The van der Waals surface area contributed by atoms with Gasteiger partial charge in [-0.15, -0.1) is 11.3 Å². The van der Waals surface area contributed by atoms with Crippen LogP contribution in [0, 0.1) is 0 Å². The molecule has 1 aliphatic rings. The van der Waals surface area contributed by atoms with Crippen LogP contribution < -0.4 is 0 Å². The molecule has 7 heteroatoms. The molecule has 1 aliphatic heterocycles. The summed E-state index contributed by atoms with van der Waals surface area (Å²) in [6, 6.07) is 0.147. The van der Waals surface area contributed by atoms with Crippen molar-refractivity contribution < 1.29 is 14.7 Å². The number of hydrogen-bond acceptors (Lipinski definition) is 5. The molecule has 0 aromatic carbocycles. The molecule has 2 unspecified atom stereocenters. The van der Waals surface area contributed by atoms with Gasteiger partial charge in [-0.2, -0.15) is 11.8 Å². The van der Waals surface area contributed by atoms with E-state index in [2.05, 4.69) is 11.9 Å². The van der Waals surface area contributed by atoms with E-state index in [-0.39, 0.29) is 22.7 Å². The summed E-state index contributed by atoms with van der Waals surface area (Å²) in [4.78, 5) is 28.7. The van der Waals surface area contributed by atoms with E-state index < -0.39 is 5.97 Å². The molecule has 1 aromatic heterocycles. The van der Waals surface area contributed by atoms with Crippen molar-refractivity contribution in [1.29, 1.82) is 0 Å². The number of carbonyl (C=O) groups is 2. The van der Waals surface area contributed by atoms with E-state index in [4.69, 9.17) is 5.11 Å². The molecule has 18 heavy (non-hydrogen) atoms. The highest BCUT2D eigenvalue weighted by Crippen LogP contribution is 2.26. The smallest absolute Gasteiger partial charge is 0.355 e. The second kappa shape index (κ2) is 5.27. The van der Waals surface area contributed by atoms with Gasteiger partial charge in [0.2, 0.25) is 0 Å². The fourth-order valence-corrected chi connectivity index (χ4v) is 3.66. The van der Waals surface area contributed by atoms with E-state index in [1.165, 1.54) is 5.38 Å². The lowest BCUT2D eigenvalue weighted by molar-refractivity contribution is 0.0689. The van der Waals surface area contributed by atoms with E-state index in [9.17, 15) is 9.59 Å².